The number of halogens is 1. The molecule has 0 amide bonds. The molecule has 1 aromatic carbocycles. The molecule has 0 aliphatic carbocycles. The Labute approximate surface area is 93.5 Å². The number of aliphatic hydroxyl groups excluding tert-OH is 1. The van der Waals surface area contributed by atoms with Crippen molar-refractivity contribution in [1.29, 1.82) is 0 Å². The molecule has 1 aromatic rings. The first-order valence-corrected chi connectivity index (χ1v) is 5.82. The zero-order valence-corrected chi connectivity index (χ0v) is 9.61. The molecule has 1 rings (SSSR count). The Balaban J connectivity index is 2.62. The van der Waals surface area contributed by atoms with E-state index in [9.17, 15) is 0 Å². The van der Waals surface area contributed by atoms with Gasteiger partial charge in [-0.15, -0.1) is 0 Å². The van der Waals surface area contributed by atoms with Gasteiger partial charge < -0.3 is 10.8 Å². The molecule has 0 saturated carbocycles. The van der Waals surface area contributed by atoms with Crippen LogP contribution in [0.1, 0.15) is 12.5 Å². The summed E-state index contributed by atoms with van der Waals surface area (Å²) in [6.45, 7) is 2.16. The number of nitrogens with two attached hydrogens (primary N) is 1. The van der Waals surface area contributed by atoms with E-state index in [0.29, 0.717) is 5.02 Å². The molecule has 0 aliphatic rings. The number of aliphatic hydroxyl groups is 1. The van der Waals surface area contributed by atoms with Gasteiger partial charge in [0.25, 0.3) is 0 Å². The van der Waals surface area contributed by atoms with Gasteiger partial charge in [0.1, 0.15) is 0 Å². The third-order valence-electron chi connectivity index (χ3n) is 1.89. The van der Waals surface area contributed by atoms with Crippen LogP contribution in [0, 0.1) is 0 Å². The lowest BCUT2D eigenvalue weighted by molar-refractivity contribution is 0.300. The van der Waals surface area contributed by atoms with Crippen LogP contribution in [0.2, 0.25) is 5.02 Å². The van der Waals surface area contributed by atoms with Crippen LogP contribution >= 0.6 is 23.4 Å². The molecule has 3 N–H and O–H groups in total. The average molecular weight is 232 g/mol. The topological polar surface area (TPSA) is 46.2 Å². The second kappa shape index (κ2) is 5.49. The Morgan fingerprint density at radius 3 is 2.93 bits per heavy atom. The summed E-state index contributed by atoms with van der Waals surface area (Å²) in [6.07, 6.45) is 0. The summed E-state index contributed by atoms with van der Waals surface area (Å²) in [6, 6.07) is 5.45. The van der Waals surface area contributed by atoms with Crippen LogP contribution < -0.4 is 5.73 Å². The highest BCUT2D eigenvalue weighted by molar-refractivity contribution is 7.99. The average Bonchev–Trinajstić information content (AvgIpc) is 2.19. The van der Waals surface area contributed by atoms with Crippen molar-refractivity contribution >= 4 is 29.1 Å². The zero-order chi connectivity index (χ0) is 10.6. The first-order chi connectivity index (χ1) is 6.63. The number of anilines is 1. The highest BCUT2D eigenvalue weighted by Crippen LogP contribution is 2.24. The first kappa shape index (κ1) is 11.7. The Morgan fingerprint density at radius 1 is 1.57 bits per heavy atom. The van der Waals surface area contributed by atoms with E-state index in [1.165, 1.54) is 0 Å². The minimum atomic E-state index is 0.186. The Kier molecular flexibility index (Phi) is 4.58. The predicted molar refractivity (Wildman–Crippen MR) is 63.7 cm³/mol. The van der Waals surface area contributed by atoms with Crippen LogP contribution in [0.15, 0.2) is 18.2 Å². The number of thioether (sulfide) groups is 1. The number of nitrogen functional groups attached to an aromatic ring is 1. The molecule has 0 aliphatic heterocycles. The number of benzene rings is 1. The predicted octanol–water partition coefficient (Wildman–Crippen LogP) is 2.54. The quantitative estimate of drug-likeness (QED) is 0.783. The van der Waals surface area contributed by atoms with Crippen molar-refractivity contribution in [2.45, 2.75) is 17.9 Å². The lowest BCUT2D eigenvalue weighted by atomic mass is 10.2. The molecule has 0 bridgehead atoms. The van der Waals surface area contributed by atoms with Crippen molar-refractivity contribution in [2.24, 2.45) is 0 Å². The normalized spacial score (nSPS) is 12.8. The fraction of sp³-hybridized carbons (Fsp3) is 0.400. The molecule has 0 aromatic heterocycles. The van der Waals surface area contributed by atoms with Crippen molar-refractivity contribution in [3.05, 3.63) is 28.8 Å². The van der Waals surface area contributed by atoms with Gasteiger partial charge in [-0.2, -0.15) is 11.8 Å². The summed E-state index contributed by atoms with van der Waals surface area (Å²) >= 11 is 7.52. The minimum absolute atomic E-state index is 0.186. The summed E-state index contributed by atoms with van der Waals surface area (Å²) in [5.74, 6) is 0.786. The summed E-state index contributed by atoms with van der Waals surface area (Å²) in [4.78, 5) is 0. The molecule has 78 valence electrons. The number of hydrogen-bond acceptors (Lipinski definition) is 3. The van der Waals surface area contributed by atoms with E-state index in [4.69, 9.17) is 22.4 Å². The maximum Gasteiger partial charge on any atom is 0.0547 e. The number of rotatable bonds is 4. The smallest absolute Gasteiger partial charge is 0.0547 e. The van der Waals surface area contributed by atoms with Crippen molar-refractivity contribution in [1.82, 2.24) is 0 Å². The highest BCUT2D eigenvalue weighted by Gasteiger charge is 2.04. The van der Waals surface area contributed by atoms with Crippen molar-refractivity contribution < 1.29 is 5.11 Å². The van der Waals surface area contributed by atoms with Gasteiger partial charge in [0, 0.05) is 21.7 Å². The van der Waals surface area contributed by atoms with Crippen LogP contribution in [0.25, 0.3) is 0 Å². The number of hydrogen-bond donors (Lipinski definition) is 2. The van der Waals surface area contributed by atoms with Crippen LogP contribution in [-0.4, -0.2) is 17.0 Å². The van der Waals surface area contributed by atoms with Gasteiger partial charge in [-0.05, 0) is 23.8 Å². The molecule has 0 radical (unpaired) electrons. The molecule has 1 unspecified atom stereocenters. The zero-order valence-electron chi connectivity index (χ0n) is 8.03. The molecule has 0 saturated heterocycles. The van der Waals surface area contributed by atoms with Gasteiger partial charge in [-0.3, -0.25) is 0 Å². The molecule has 4 heteroatoms. The first-order valence-electron chi connectivity index (χ1n) is 4.40. The molecular weight excluding hydrogens is 218 g/mol. The van der Waals surface area contributed by atoms with E-state index in [-0.39, 0.29) is 11.9 Å². The third-order valence-corrected chi connectivity index (χ3v) is 3.32. The van der Waals surface area contributed by atoms with E-state index < -0.39 is 0 Å². The summed E-state index contributed by atoms with van der Waals surface area (Å²) in [7, 11) is 0. The fourth-order valence-corrected chi connectivity index (χ4v) is 2.00. The van der Waals surface area contributed by atoms with Crippen LogP contribution in [-0.2, 0) is 5.75 Å². The molecular formula is C10H14ClNOS. The van der Waals surface area contributed by atoms with Gasteiger partial charge in [0.15, 0.2) is 0 Å². The van der Waals surface area contributed by atoms with Crippen LogP contribution in [0.5, 0.6) is 0 Å². The molecule has 14 heavy (non-hydrogen) atoms. The molecule has 2 nitrogen and oxygen atoms in total. The lowest BCUT2D eigenvalue weighted by Crippen LogP contribution is -2.03. The minimum Gasteiger partial charge on any atom is -0.398 e. The standard InChI is InChI=1S/C10H14ClNOS/c1-7(5-13)14-6-8-4-9(11)2-3-10(8)12/h2-4,7,13H,5-6,12H2,1H3. The van der Waals surface area contributed by atoms with Crippen LogP contribution in [0.4, 0.5) is 5.69 Å². The summed E-state index contributed by atoms with van der Waals surface area (Å²) in [5, 5.41) is 9.79. The van der Waals surface area contributed by atoms with E-state index in [2.05, 4.69) is 0 Å². The van der Waals surface area contributed by atoms with E-state index in [0.717, 1.165) is 17.0 Å². The lowest BCUT2D eigenvalue weighted by Gasteiger charge is -2.09. The molecule has 0 fully saturated rings. The maximum absolute atomic E-state index is 8.86. The van der Waals surface area contributed by atoms with E-state index in [1.807, 2.05) is 19.1 Å². The third kappa shape index (κ3) is 3.40. The van der Waals surface area contributed by atoms with Gasteiger partial charge >= 0.3 is 0 Å². The highest BCUT2D eigenvalue weighted by atomic mass is 35.5. The van der Waals surface area contributed by atoms with Crippen molar-refractivity contribution in [2.75, 3.05) is 12.3 Å². The second-order valence-corrected chi connectivity index (χ2v) is 5.01. The molecule has 0 heterocycles. The molecule has 1 atom stereocenters. The van der Waals surface area contributed by atoms with Gasteiger partial charge in [-0.25, -0.2) is 0 Å². The largest absolute Gasteiger partial charge is 0.398 e. The summed E-state index contributed by atoms with van der Waals surface area (Å²) < 4.78 is 0. The Morgan fingerprint density at radius 2 is 2.29 bits per heavy atom. The molecule has 0 spiro atoms. The van der Waals surface area contributed by atoms with Gasteiger partial charge in [0.2, 0.25) is 0 Å². The van der Waals surface area contributed by atoms with E-state index in [1.54, 1.807) is 17.8 Å². The summed E-state index contributed by atoms with van der Waals surface area (Å²) in [5.41, 5.74) is 7.57. The van der Waals surface area contributed by atoms with Crippen LogP contribution in [0.3, 0.4) is 0 Å². The Bertz CT molecular complexity index is 306. The fourth-order valence-electron chi connectivity index (χ4n) is 0.984. The van der Waals surface area contributed by atoms with Gasteiger partial charge in [-0.1, -0.05) is 18.5 Å². The van der Waals surface area contributed by atoms with Crippen molar-refractivity contribution in [3.63, 3.8) is 0 Å². The van der Waals surface area contributed by atoms with E-state index >= 15 is 0 Å². The van der Waals surface area contributed by atoms with Crippen molar-refractivity contribution in [3.8, 4) is 0 Å². The SMILES string of the molecule is CC(CO)SCc1cc(Cl)ccc1N. The monoisotopic (exact) mass is 231 g/mol. The Hall–Kier alpha value is -0.380. The maximum atomic E-state index is 8.86. The second-order valence-electron chi connectivity index (χ2n) is 3.15. The van der Waals surface area contributed by atoms with Gasteiger partial charge in [0.05, 0.1) is 6.61 Å².